The summed E-state index contributed by atoms with van der Waals surface area (Å²) < 4.78 is 41.4. The molecule has 354 valence electrons. The molecule has 15 atom stereocenters. The molecule has 1 saturated carbocycles. The van der Waals surface area contributed by atoms with Gasteiger partial charge in [0.2, 0.25) is 5.79 Å². The first-order chi connectivity index (χ1) is 29.9. The van der Waals surface area contributed by atoms with Crippen LogP contribution in [0.4, 0.5) is 0 Å². The summed E-state index contributed by atoms with van der Waals surface area (Å²) in [6, 6.07) is -1.17. The van der Waals surface area contributed by atoms with Crippen LogP contribution in [0.3, 0.4) is 0 Å². The number of cyclic esters (lactones) is 2. The second-order valence-corrected chi connectivity index (χ2v) is 18.8. The van der Waals surface area contributed by atoms with E-state index >= 15 is 0 Å². The zero-order valence-corrected chi connectivity index (χ0v) is 38.7. The van der Waals surface area contributed by atoms with Gasteiger partial charge in [-0.1, -0.05) is 44.6 Å². The predicted molar refractivity (Wildman–Crippen MR) is 231 cm³/mol. The van der Waals surface area contributed by atoms with Crippen molar-refractivity contribution in [1.29, 1.82) is 0 Å². The minimum absolute atomic E-state index is 0.00285. The SMILES string of the molecule is C=CC[C@@H]1/C=C(\C)C[C@H](C)C[C@H](OC)[C@H]2O[C@@](O)(C(=O)C(=O)N3CCCC[C@H]3C(=O)OC(/C(C)=C/[C@@H]3CC[C@@H](OC4CCOC4=O)[C@H](OC)C3)[C@H](C)[C@@H](O)CC1=O)[C@H](C)C[C@@H]2OC. The van der Waals surface area contributed by atoms with Gasteiger partial charge in [-0.3, -0.25) is 14.4 Å². The van der Waals surface area contributed by atoms with Crippen molar-refractivity contribution < 1.29 is 67.3 Å². The number of aliphatic hydroxyl groups is 2. The number of ether oxygens (including phenoxy) is 7. The molecule has 4 aliphatic heterocycles. The van der Waals surface area contributed by atoms with Crippen LogP contribution in [-0.4, -0.2) is 140 Å². The van der Waals surface area contributed by atoms with E-state index in [1.807, 2.05) is 32.9 Å². The first kappa shape index (κ1) is 50.7. The lowest BCUT2D eigenvalue weighted by molar-refractivity contribution is -0.302. The van der Waals surface area contributed by atoms with Crippen LogP contribution in [0.1, 0.15) is 112 Å². The predicted octanol–water partition coefficient (Wildman–Crippen LogP) is 4.98. The van der Waals surface area contributed by atoms with Crippen LogP contribution in [0.5, 0.6) is 0 Å². The lowest BCUT2D eigenvalue weighted by atomic mass is 9.81. The molecule has 0 spiro atoms. The highest BCUT2D eigenvalue weighted by molar-refractivity contribution is 6.39. The van der Waals surface area contributed by atoms with Gasteiger partial charge in [0.05, 0.1) is 37.1 Å². The normalized spacial score (nSPS) is 40.5. The van der Waals surface area contributed by atoms with Crippen molar-refractivity contribution in [3.63, 3.8) is 0 Å². The smallest absolute Gasteiger partial charge is 0.335 e. The number of piperidine rings is 1. The van der Waals surface area contributed by atoms with Crippen LogP contribution < -0.4 is 0 Å². The first-order valence-corrected chi connectivity index (χ1v) is 23.0. The van der Waals surface area contributed by atoms with Gasteiger partial charge in [-0.15, -0.1) is 6.58 Å². The molecule has 2 unspecified atom stereocenters. The van der Waals surface area contributed by atoms with Crippen molar-refractivity contribution in [3.05, 3.63) is 36.0 Å². The third kappa shape index (κ3) is 12.1. The second-order valence-electron chi connectivity index (χ2n) is 18.8. The molecule has 0 aromatic rings. The Morgan fingerprint density at radius 1 is 0.905 bits per heavy atom. The summed E-state index contributed by atoms with van der Waals surface area (Å²) in [4.78, 5) is 70.5. The van der Waals surface area contributed by atoms with Gasteiger partial charge in [0.25, 0.3) is 11.7 Å². The largest absolute Gasteiger partial charge is 0.464 e. The number of fused-ring (bicyclic) bond motifs is 3. The molecule has 0 radical (unpaired) electrons. The summed E-state index contributed by atoms with van der Waals surface area (Å²) in [5.41, 5.74) is 1.59. The Morgan fingerprint density at radius 3 is 2.25 bits per heavy atom. The minimum Gasteiger partial charge on any atom is -0.464 e. The Hall–Kier alpha value is -3.31. The number of hydrogen-bond acceptors (Lipinski definition) is 14. The fourth-order valence-corrected chi connectivity index (χ4v) is 10.4. The van der Waals surface area contributed by atoms with Gasteiger partial charge >= 0.3 is 11.9 Å². The third-order valence-electron chi connectivity index (χ3n) is 14.1. The van der Waals surface area contributed by atoms with Crippen molar-refractivity contribution >= 4 is 29.4 Å². The van der Waals surface area contributed by atoms with E-state index in [4.69, 9.17) is 33.2 Å². The second kappa shape index (κ2) is 22.7. The Bertz CT molecular complexity index is 1700. The Balaban J connectivity index is 1.50. The van der Waals surface area contributed by atoms with E-state index in [0.29, 0.717) is 70.0 Å². The van der Waals surface area contributed by atoms with Crippen molar-refractivity contribution in [1.82, 2.24) is 4.90 Å². The van der Waals surface area contributed by atoms with E-state index < -0.39 is 83.9 Å². The number of carbonyl (C=O) groups is 5. The van der Waals surface area contributed by atoms with Crippen LogP contribution in [0.2, 0.25) is 0 Å². The lowest BCUT2D eigenvalue weighted by Gasteiger charge is -2.47. The zero-order chi connectivity index (χ0) is 46.2. The summed E-state index contributed by atoms with van der Waals surface area (Å²) in [7, 11) is 4.65. The summed E-state index contributed by atoms with van der Waals surface area (Å²) in [5, 5.41) is 23.9. The van der Waals surface area contributed by atoms with E-state index in [1.165, 1.54) is 19.1 Å². The van der Waals surface area contributed by atoms with Crippen molar-refractivity contribution in [2.45, 2.75) is 172 Å². The van der Waals surface area contributed by atoms with Gasteiger partial charge in [0, 0.05) is 58.5 Å². The number of methoxy groups -OCH3 is 3. The van der Waals surface area contributed by atoms with E-state index in [1.54, 1.807) is 27.0 Å². The van der Waals surface area contributed by atoms with Gasteiger partial charge < -0.3 is 48.3 Å². The molecule has 2 bridgehead atoms. The topological polar surface area (TPSA) is 194 Å². The highest BCUT2D eigenvalue weighted by Crippen LogP contribution is 2.39. The molecule has 1 aliphatic carbocycles. The molecule has 1 amide bonds. The number of Topliss-reactive ketones (excluding diaryl/α,β-unsaturated/α-hetero) is 2. The number of carbonyl (C=O) groups excluding carboxylic acids is 5. The average molecular weight is 888 g/mol. The van der Waals surface area contributed by atoms with Gasteiger partial charge in [-0.2, -0.15) is 0 Å². The molecule has 15 nitrogen and oxygen atoms in total. The molecular weight excluding hydrogens is 815 g/mol. The lowest BCUT2D eigenvalue weighted by Crippen LogP contribution is -2.64. The Labute approximate surface area is 373 Å². The number of nitrogens with zero attached hydrogens (tertiary/aromatic N) is 1. The van der Waals surface area contributed by atoms with Crippen LogP contribution in [0.25, 0.3) is 0 Å². The van der Waals surface area contributed by atoms with Crippen molar-refractivity contribution in [2.24, 2.45) is 29.6 Å². The van der Waals surface area contributed by atoms with Crippen LogP contribution in [0, 0.1) is 29.6 Å². The number of hydrogen-bond donors (Lipinski definition) is 2. The third-order valence-corrected chi connectivity index (χ3v) is 14.1. The molecule has 3 saturated heterocycles. The molecule has 4 fully saturated rings. The molecule has 4 heterocycles. The monoisotopic (exact) mass is 888 g/mol. The van der Waals surface area contributed by atoms with E-state index in [-0.39, 0.29) is 61.6 Å². The molecule has 5 aliphatic rings. The molecular formula is C48H73NO14. The highest BCUT2D eigenvalue weighted by Gasteiger charge is 2.56. The number of esters is 2. The van der Waals surface area contributed by atoms with E-state index in [2.05, 4.69) is 6.58 Å². The summed E-state index contributed by atoms with van der Waals surface area (Å²) in [5.74, 6) is -8.30. The maximum atomic E-state index is 14.5. The van der Waals surface area contributed by atoms with Crippen molar-refractivity contribution in [3.8, 4) is 0 Å². The van der Waals surface area contributed by atoms with Crippen LogP contribution >= 0.6 is 0 Å². The Kier molecular flexibility index (Phi) is 18.3. The maximum Gasteiger partial charge on any atom is 0.335 e. The first-order valence-electron chi connectivity index (χ1n) is 23.0. The van der Waals surface area contributed by atoms with Gasteiger partial charge in [-0.05, 0) is 95.5 Å². The fourth-order valence-electron chi connectivity index (χ4n) is 10.4. The molecule has 0 aromatic heterocycles. The summed E-state index contributed by atoms with van der Waals surface area (Å²) in [6.07, 6.45) is 5.01. The zero-order valence-electron chi connectivity index (χ0n) is 38.7. The molecule has 15 heteroatoms. The quantitative estimate of drug-likeness (QED) is 0.179. The highest BCUT2D eigenvalue weighted by atomic mass is 16.7. The molecule has 0 aromatic carbocycles. The summed E-state index contributed by atoms with van der Waals surface area (Å²) >= 11 is 0. The standard InChI is InChI=1S/C48H73NO14/c1-10-13-33-21-27(2)20-28(3)22-40(58-8)43-41(59-9)24-30(5)48(56,63-43)44(52)45(53)49-18-12-11-14-34(49)46(54)62-42(31(6)35(50)26-36(33)51)29(4)23-32-15-16-37(39(25-32)57-7)61-38-17-19-60-47(38)55/h10,21,23,28,30-35,37-43,50,56H,1,11-20,22,24-26H2,2-9H3/b27-21+,29-23+/t28-,30+,31+,32-,33+,34-,35-,37+,38?,39+,40-,41-,42?,43+,48+/m0/s1. The van der Waals surface area contributed by atoms with Gasteiger partial charge in [0.15, 0.2) is 6.10 Å². The Morgan fingerprint density at radius 2 is 1.60 bits per heavy atom. The number of allylic oxidation sites excluding steroid dienone is 4. The van der Waals surface area contributed by atoms with Gasteiger partial charge in [-0.25, -0.2) is 9.59 Å². The minimum atomic E-state index is -2.53. The van der Waals surface area contributed by atoms with E-state index in [0.717, 1.165) is 5.57 Å². The summed E-state index contributed by atoms with van der Waals surface area (Å²) in [6.45, 7) is 13.4. The van der Waals surface area contributed by atoms with Crippen molar-refractivity contribution in [2.75, 3.05) is 34.5 Å². The number of amides is 1. The number of aliphatic hydroxyl groups excluding tert-OH is 1. The van der Waals surface area contributed by atoms with Crippen LogP contribution in [0.15, 0.2) is 36.0 Å². The number of ketones is 2. The maximum absolute atomic E-state index is 14.5. The molecule has 5 rings (SSSR count). The fraction of sp³-hybridized carbons (Fsp3) is 0.771. The average Bonchev–Trinajstić information content (AvgIpc) is 3.67. The molecule has 63 heavy (non-hydrogen) atoms. The van der Waals surface area contributed by atoms with E-state index in [9.17, 15) is 34.2 Å². The van der Waals surface area contributed by atoms with Gasteiger partial charge in [0.1, 0.15) is 24.0 Å². The van der Waals surface area contributed by atoms with Crippen LogP contribution in [-0.2, 0) is 57.1 Å². The number of rotatable bonds is 9. The molecule has 2 N–H and O–H groups in total.